The second-order valence-electron chi connectivity index (χ2n) is 5.74. The van der Waals surface area contributed by atoms with Gasteiger partial charge in [0.1, 0.15) is 5.75 Å². The maximum Gasteiger partial charge on any atom is 0.354 e. The number of carbonyl (C=O) groups is 2. The first-order valence-electron chi connectivity index (χ1n) is 7.60. The molecule has 5 nitrogen and oxygen atoms in total. The largest absolute Gasteiger partial charge is 0.469 e. The van der Waals surface area contributed by atoms with Gasteiger partial charge in [-0.3, -0.25) is 0 Å². The van der Waals surface area contributed by atoms with Gasteiger partial charge in [-0.2, -0.15) is 0 Å². The molecule has 126 valence electrons. The predicted molar refractivity (Wildman–Crippen MR) is 92.2 cm³/mol. The first-order valence-corrected chi connectivity index (χ1v) is 8.42. The lowest BCUT2D eigenvalue weighted by molar-refractivity contribution is -0.156. The molecule has 1 aliphatic rings. The van der Waals surface area contributed by atoms with Crippen molar-refractivity contribution < 1.29 is 23.8 Å². The molecule has 24 heavy (non-hydrogen) atoms. The van der Waals surface area contributed by atoms with Gasteiger partial charge in [0.05, 0.1) is 24.2 Å². The zero-order chi connectivity index (χ0) is 17.5. The van der Waals surface area contributed by atoms with Gasteiger partial charge in [-0.25, -0.2) is 9.59 Å². The Morgan fingerprint density at radius 2 is 2.08 bits per heavy atom. The third-order valence-corrected chi connectivity index (χ3v) is 5.05. The smallest absolute Gasteiger partial charge is 0.354 e. The summed E-state index contributed by atoms with van der Waals surface area (Å²) in [6.45, 7) is 5.53. The molecule has 0 radical (unpaired) electrons. The van der Waals surface area contributed by atoms with E-state index in [2.05, 4.69) is 0 Å². The summed E-state index contributed by atoms with van der Waals surface area (Å²) >= 11 is 1.44. The van der Waals surface area contributed by atoms with Gasteiger partial charge in [-0.15, -0.1) is 11.3 Å². The van der Waals surface area contributed by atoms with Crippen LogP contribution >= 0.6 is 11.3 Å². The average Bonchev–Trinajstić information content (AvgIpc) is 2.91. The first-order chi connectivity index (χ1) is 11.4. The molecule has 2 aromatic rings. The Morgan fingerprint density at radius 3 is 2.75 bits per heavy atom. The van der Waals surface area contributed by atoms with E-state index < -0.39 is 17.5 Å². The highest BCUT2D eigenvalue weighted by Crippen LogP contribution is 2.47. The standard InChI is InChI=1S/C18H18O5S/c1-5-22-17(20)18(3)9-12(16(19)21-4)15-14(23-18)11-8-10(2)6-7-13(11)24-15/h6-9H,5H2,1-4H3/t18-/m1/s1. The lowest BCUT2D eigenvalue weighted by Gasteiger charge is -2.30. The Morgan fingerprint density at radius 1 is 1.33 bits per heavy atom. The third-order valence-electron chi connectivity index (χ3n) is 3.86. The van der Waals surface area contributed by atoms with Crippen molar-refractivity contribution in [1.29, 1.82) is 0 Å². The molecule has 2 heterocycles. The molecule has 0 saturated carbocycles. The molecule has 0 bridgehead atoms. The quantitative estimate of drug-likeness (QED) is 0.796. The molecule has 0 unspecified atom stereocenters. The normalized spacial score (nSPS) is 19.2. The fourth-order valence-corrected chi connectivity index (χ4v) is 3.80. The Balaban J connectivity index is 2.23. The van der Waals surface area contributed by atoms with E-state index in [-0.39, 0.29) is 6.61 Å². The van der Waals surface area contributed by atoms with Crippen LogP contribution in [0.5, 0.6) is 5.75 Å². The van der Waals surface area contributed by atoms with E-state index >= 15 is 0 Å². The molecule has 0 aliphatic carbocycles. The monoisotopic (exact) mass is 346 g/mol. The molecule has 3 rings (SSSR count). The van der Waals surface area contributed by atoms with Gasteiger partial charge in [0.2, 0.25) is 5.60 Å². The number of aryl methyl sites for hydroxylation is 1. The Hall–Kier alpha value is -2.34. The maximum absolute atomic E-state index is 12.4. The molecule has 0 saturated heterocycles. The molecule has 1 aromatic carbocycles. The van der Waals surface area contributed by atoms with Gasteiger partial charge in [0, 0.05) is 10.1 Å². The summed E-state index contributed by atoms with van der Waals surface area (Å²) in [6, 6.07) is 5.96. The number of hydrogen-bond acceptors (Lipinski definition) is 6. The summed E-state index contributed by atoms with van der Waals surface area (Å²) in [4.78, 5) is 25.3. The maximum atomic E-state index is 12.4. The van der Waals surface area contributed by atoms with E-state index in [1.54, 1.807) is 13.8 Å². The summed E-state index contributed by atoms with van der Waals surface area (Å²) in [5.74, 6) is -0.514. The highest BCUT2D eigenvalue weighted by Gasteiger charge is 2.43. The Labute approximate surface area is 143 Å². The Kier molecular flexibility index (Phi) is 4.09. The topological polar surface area (TPSA) is 61.8 Å². The highest BCUT2D eigenvalue weighted by molar-refractivity contribution is 7.20. The SMILES string of the molecule is CCOC(=O)[C@@]1(C)C=C(C(=O)OC)c2sc3ccc(C)cc3c2O1. The van der Waals surface area contributed by atoms with Gasteiger partial charge < -0.3 is 14.2 Å². The van der Waals surface area contributed by atoms with Crippen molar-refractivity contribution in [2.45, 2.75) is 26.4 Å². The first kappa shape index (κ1) is 16.5. The summed E-state index contributed by atoms with van der Waals surface area (Å²) in [5, 5.41) is 0.875. The van der Waals surface area contributed by atoms with Gasteiger partial charge in [-0.05, 0) is 39.0 Å². The van der Waals surface area contributed by atoms with E-state index in [1.165, 1.54) is 24.5 Å². The second-order valence-corrected chi connectivity index (χ2v) is 6.79. The van der Waals surface area contributed by atoms with Gasteiger partial charge in [-0.1, -0.05) is 11.6 Å². The van der Waals surface area contributed by atoms with Crippen molar-refractivity contribution in [3.63, 3.8) is 0 Å². The van der Waals surface area contributed by atoms with Crippen LogP contribution in [-0.4, -0.2) is 31.3 Å². The van der Waals surface area contributed by atoms with Crippen LogP contribution in [0.25, 0.3) is 15.7 Å². The number of methoxy groups -OCH3 is 1. The zero-order valence-corrected chi connectivity index (χ0v) is 14.8. The molecule has 0 fully saturated rings. The van der Waals surface area contributed by atoms with E-state index in [0.29, 0.717) is 16.2 Å². The minimum absolute atomic E-state index is 0.232. The lowest BCUT2D eigenvalue weighted by Crippen LogP contribution is -2.43. The average molecular weight is 346 g/mol. The molecule has 0 spiro atoms. The van der Waals surface area contributed by atoms with Crippen molar-refractivity contribution >= 4 is 38.9 Å². The minimum atomic E-state index is -1.37. The lowest BCUT2D eigenvalue weighted by atomic mass is 9.97. The van der Waals surface area contributed by atoms with Crippen LogP contribution in [0.4, 0.5) is 0 Å². The van der Waals surface area contributed by atoms with E-state index in [4.69, 9.17) is 14.2 Å². The van der Waals surface area contributed by atoms with E-state index in [1.807, 2.05) is 25.1 Å². The second kappa shape index (κ2) is 5.94. The summed E-state index contributed by atoms with van der Waals surface area (Å²) in [5.41, 5.74) is 0.0245. The number of hydrogen-bond donors (Lipinski definition) is 0. The van der Waals surface area contributed by atoms with E-state index in [0.717, 1.165) is 15.6 Å². The summed E-state index contributed by atoms with van der Waals surface area (Å²) in [6.07, 6.45) is 1.49. The fourth-order valence-electron chi connectivity index (χ4n) is 2.69. The molecule has 6 heteroatoms. The van der Waals surface area contributed by atoms with Crippen LogP contribution in [0.2, 0.25) is 0 Å². The molecule has 0 amide bonds. The predicted octanol–water partition coefficient (Wildman–Crippen LogP) is 3.48. The van der Waals surface area contributed by atoms with Crippen LogP contribution < -0.4 is 4.74 Å². The van der Waals surface area contributed by atoms with Crippen LogP contribution in [0, 0.1) is 6.92 Å². The minimum Gasteiger partial charge on any atom is -0.469 e. The van der Waals surface area contributed by atoms with Crippen molar-refractivity contribution in [2.75, 3.05) is 13.7 Å². The number of esters is 2. The summed E-state index contributed by atoms with van der Waals surface area (Å²) in [7, 11) is 1.32. The highest BCUT2D eigenvalue weighted by atomic mass is 32.1. The molecule has 1 aromatic heterocycles. The van der Waals surface area contributed by atoms with E-state index in [9.17, 15) is 9.59 Å². The third kappa shape index (κ3) is 2.57. The van der Waals surface area contributed by atoms with Crippen LogP contribution in [-0.2, 0) is 19.1 Å². The fraction of sp³-hybridized carbons (Fsp3) is 0.333. The number of ether oxygens (including phenoxy) is 3. The van der Waals surface area contributed by atoms with Crippen molar-refractivity contribution in [1.82, 2.24) is 0 Å². The molecular formula is C18H18O5S. The summed E-state index contributed by atoms with van der Waals surface area (Å²) < 4.78 is 17.0. The number of thiophene rings is 1. The van der Waals surface area contributed by atoms with Gasteiger partial charge in [0.25, 0.3) is 0 Å². The number of carbonyl (C=O) groups excluding carboxylic acids is 2. The molecule has 1 aliphatic heterocycles. The van der Waals surface area contributed by atoms with Crippen LogP contribution in [0.3, 0.4) is 0 Å². The van der Waals surface area contributed by atoms with Crippen LogP contribution in [0.15, 0.2) is 24.3 Å². The van der Waals surface area contributed by atoms with Crippen molar-refractivity contribution in [2.24, 2.45) is 0 Å². The molecule has 1 atom stereocenters. The van der Waals surface area contributed by atoms with Gasteiger partial charge >= 0.3 is 11.9 Å². The molecular weight excluding hydrogens is 328 g/mol. The van der Waals surface area contributed by atoms with Crippen LogP contribution in [0.1, 0.15) is 24.3 Å². The Bertz CT molecular complexity index is 864. The molecule has 0 N–H and O–H groups in total. The zero-order valence-electron chi connectivity index (χ0n) is 14.0. The van der Waals surface area contributed by atoms with Crippen molar-refractivity contribution in [3.8, 4) is 5.75 Å². The van der Waals surface area contributed by atoms with Crippen molar-refractivity contribution in [3.05, 3.63) is 34.7 Å². The van der Waals surface area contributed by atoms with Gasteiger partial charge in [0.15, 0.2) is 0 Å². The number of benzene rings is 1. The number of fused-ring (bicyclic) bond motifs is 3. The number of rotatable bonds is 3.